The number of hydrogen-bond donors (Lipinski definition) is 0. The average molecular weight is 462 g/mol. The highest BCUT2D eigenvalue weighted by molar-refractivity contribution is 7.91. The highest BCUT2D eigenvalue weighted by atomic mass is 35.5. The molecule has 2 aromatic heterocycles. The van der Waals surface area contributed by atoms with E-state index in [1.54, 1.807) is 16.4 Å². The van der Waals surface area contributed by atoms with Gasteiger partial charge in [0.25, 0.3) is 10.0 Å². The smallest absolute Gasteiger partial charge is 0.252 e. The first-order valence-corrected chi connectivity index (χ1v) is 12.8. The molecule has 2 aliphatic heterocycles. The molecule has 0 radical (unpaired) electrons. The second-order valence-corrected chi connectivity index (χ2v) is 11.9. The van der Waals surface area contributed by atoms with Gasteiger partial charge in [0, 0.05) is 31.5 Å². The van der Waals surface area contributed by atoms with Crippen LogP contribution in [0.15, 0.2) is 52.9 Å². The first-order chi connectivity index (χ1) is 14.4. The van der Waals surface area contributed by atoms with E-state index in [2.05, 4.69) is 59.8 Å². The van der Waals surface area contributed by atoms with Crippen LogP contribution in [0.3, 0.4) is 0 Å². The van der Waals surface area contributed by atoms with Crippen LogP contribution in [0.4, 0.5) is 5.69 Å². The fourth-order valence-electron chi connectivity index (χ4n) is 5.05. The van der Waals surface area contributed by atoms with Crippen molar-refractivity contribution in [1.82, 2.24) is 8.87 Å². The number of nitrogens with zero attached hydrogens (tertiary/aromatic N) is 3. The topological polar surface area (TPSA) is 45.5 Å². The Balaban J connectivity index is 1.53. The quantitative estimate of drug-likeness (QED) is 0.550. The number of fused-ring (bicyclic) bond motifs is 4. The predicted molar refractivity (Wildman–Crippen MR) is 123 cm³/mol. The van der Waals surface area contributed by atoms with Crippen molar-refractivity contribution in [3.05, 3.63) is 64.3 Å². The molecule has 0 N–H and O–H groups in total. The van der Waals surface area contributed by atoms with Crippen LogP contribution in [-0.4, -0.2) is 36.9 Å². The van der Waals surface area contributed by atoms with Crippen molar-refractivity contribution in [3.8, 4) is 5.69 Å². The number of anilines is 1. The number of aryl methyl sites for hydroxylation is 1. The number of thiophene rings is 1. The lowest BCUT2D eigenvalue weighted by molar-refractivity contribution is 0.215. The van der Waals surface area contributed by atoms with Gasteiger partial charge < -0.3 is 9.47 Å². The Morgan fingerprint density at radius 1 is 1.10 bits per heavy atom. The van der Waals surface area contributed by atoms with Crippen molar-refractivity contribution in [2.45, 2.75) is 36.4 Å². The van der Waals surface area contributed by atoms with Gasteiger partial charge in [-0.15, -0.1) is 11.3 Å². The SMILES string of the molecule is CCN1c2cc(C)ccc2-n2cccc2C12CCN(S(=O)(=O)c1ccc(Cl)s1)CC2. The summed E-state index contributed by atoms with van der Waals surface area (Å²) in [4.78, 5) is 2.48. The minimum atomic E-state index is -3.51. The van der Waals surface area contributed by atoms with Gasteiger partial charge in [-0.05, 0) is 68.7 Å². The van der Waals surface area contributed by atoms with E-state index in [0.717, 1.165) is 30.7 Å². The van der Waals surface area contributed by atoms with Crippen molar-refractivity contribution in [3.63, 3.8) is 0 Å². The normalized spacial score (nSPS) is 18.4. The molecule has 1 saturated heterocycles. The third-order valence-corrected chi connectivity index (χ3v) is 10.0. The highest BCUT2D eigenvalue weighted by Crippen LogP contribution is 2.48. The maximum Gasteiger partial charge on any atom is 0.252 e. The summed E-state index contributed by atoms with van der Waals surface area (Å²) in [7, 11) is -3.51. The van der Waals surface area contributed by atoms with Gasteiger partial charge in [0.05, 0.1) is 21.3 Å². The zero-order valence-corrected chi connectivity index (χ0v) is 19.4. The number of hydrogen-bond acceptors (Lipinski definition) is 4. The van der Waals surface area contributed by atoms with E-state index >= 15 is 0 Å². The van der Waals surface area contributed by atoms with Crippen LogP contribution >= 0.6 is 22.9 Å². The summed E-state index contributed by atoms with van der Waals surface area (Å²) >= 11 is 7.11. The lowest BCUT2D eigenvalue weighted by atomic mass is 9.81. The molecule has 2 aliphatic rings. The van der Waals surface area contributed by atoms with E-state index in [1.165, 1.54) is 22.6 Å². The van der Waals surface area contributed by atoms with Crippen LogP contribution in [0.1, 0.15) is 31.0 Å². The second kappa shape index (κ2) is 7.12. The fourth-order valence-corrected chi connectivity index (χ4v) is 8.13. The van der Waals surface area contributed by atoms with E-state index in [0.29, 0.717) is 21.6 Å². The maximum atomic E-state index is 13.1. The summed E-state index contributed by atoms with van der Waals surface area (Å²) in [5, 5.41) is 0. The van der Waals surface area contributed by atoms with Crippen LogP contribution < -0.4 is 4.90 Å². The molecular formula is C22H24ClN3O2S2. The van der Waals surface area contributed by atoms with Gasteiger partial charge in [0.15, 0.2) is 0 Å². The van der Waals surface area contributed by atoms with E-state index in [9.17, 15) is 8.42 Å². The van der Waals surface area contributed by atoms with Crippen LogP contribution in [0, 0.1) is 6.92 Å². The second-order valence-electron chi connectivity index (χ2n) is 7.99. The standard InChI is InChI=1S/C22H24ClN3O2S2/c1-3-26-18-15-16(2)6-7-17(18)25-12-4-5-19(25)22(26)10-13-24(14-11-22)30(27,28)21-9-8-20(23)29-21/h4-9,12,15H,3,10-11,13-14H2,1-2H3. The maximum absolute atomic E-state index is 13.1. The van der Waals surface area contributed by atoms with Crippen molar-refractivity contribution in [2.75, 3.05) is 24.5 Å². The lowest BCUT2D eigenvalue weighted by Crippen LogP contribution is -2.56. The van der Waals surface area contributed by atoms with Crippen molar-refractivity contribution in [1.29, 1.82) is 0 Å². The van der Waals surface area contributed by atoms with Gasteiger partial charge in [-0.25, -0.2) is 8.42 Å². The van der Waals surface area contributed by atoms with Crippen molar-refractivity contribution >= 4 is 38.6 Å². The summed E-state index contributed by atoms with van der Waals surface area (Å²) in [5.74, 6) is 0. The first kappa shape index (κ1) is 20.1. The van der Waals surface area contributed by atoms with E-state index in [-0.39, 0.29) is 5.54 Å². The van der Waals surface area contributed by atoms with Gasteiger partial charge >= 0.3 is 0 Å². The number of aromatic nitrogens is 1. The Kier molecular flexibility index (Phi) is 4.78. The Bertz CT molecular complexity index is 1210. The number of sulfonamides is 1. The molecule has 1 spiro atoms. The third-order valence-electron chi connectivity index (χ3n) is 6.43. The van der Waals surface area contributed by atoms with Gasteiger partial charge in [0.1, 0.15) is 4.21 Å². The monoisotopic (exact) mass is 461 g/mol. The lowest BCUT2D eigenvalue weighted by Gasteiger charge is -2.52. The van der Waals surface area contributed by atoms with Crippen LogP contribution in [0.5, 0.6) is 0 Å². The van der Waals surface area contributed by atoms with Crippen LogP contribution in [0.2, 0.25) is 4.34 Å². The van der Waals surface area contributed by atoms with Crippen LogP contribution in [-0.2, 0) is 15.6 Å². The van der Waals surface area contributed by atoms with E-state index in [1.807, 2.05) is 0 Å². The first-order valence-electron chi connectivity index (χ1n) is 10.2. The molecule has 0 amide bonds. The number of halogens is 1. The Hall–Kier alpha value is -1.80. The van der Waals surface area contributed by atoms with Gasteiger partial charge in [0.2, 0.25) is 0 Å². The molecule has 1 aromatic carbocycles. The molecule has 30 heavy (non-hydrogen) atoms. The molecule has 0 unspecified atom stereocenters. The number of benzene rings is 1. The molecule has 5 nitrogen and oxygen atoms in total. The zero-order chi connectivity index (χ0) is 21.1. The molecular weight excluding hydrogens is 438 g/mol. The van der Waals surface area contributed by atoms with E-state index < -0.39 is 10.0 Å². The summed E-state index contributed by atoms with van der Waals surface area (Å²) in [6.45, 7) is 6.15. The Morgan fingerprint density at radius 3 is 2.53 bits per heavy atom. The summed E-state index contributed by atoms with van der Waals surface area (Å²) < 4.78 is 31.0. The summed E-state index contributed by atoms with van der Waals surface area (Å²) in [5.41, 5.74) is 4.68. The summed E-state index contributed by atoms with van der Waals surface area (Å²) in [6, 6.07) is 14.1. The predicted octanol–water partition coefficient (Wildman–Crippen LogP) is 5.02. The molecule has 0 saturated carbocycles. The van der Waals surface area contributed by atoms with Crippen LogP contribution in [0.25, 0.3) is 5.69 Å². The molecule has 4 heterocycles. The van der Waals surface area contributed by atoms with Gasteiger partial charge in [-0.3, -0.25) is 0 Å². The molecule has 0 atom stereocenters. The minimum Gasteiger partial charge on any atom is -0.359 e. The van der Waals surface area contributed by atoms with E-state index in [4.69, 9.17) is 11.6 Å². The average Bonchev–Trinajstić information content (AvgIpc) is 3.39. The summed E-state index contributed by atoms with van der Waals surface area (Å²) in [6.07, 6.45) is 3.61. The molecule has 0 aliphatic carbocycles. The molecule has 3 aromatic rings. The Morgan fingerprint density at radius 2 is 1.87 bits per heavy atom. The molecule has 158 valence electrons. The molecule has 8 heteroatoms. The molecule has 0 bridgehead atoms. The van der Waals surface area contributed by atoms with Gasteiger partial charge in [-0.2, -0.15) is 4.31 Å². The number of piperidine rings is 1. The minimum absolute atomic E-state index is 0.210. The number of rotatable bonds is 3. The largest absolute Gasteiger partial charge is 0.359 e. The van der Waals surface area contributed by atoms with Gasteiger partial charge in [-0.1, -0.05) is 17.7 Å². The fraction of sp³-hybridized carbons (Fsp3) is 0.364. The zero-order valence-electron chi connectivity index (χ0n) is 17.0. The Labute approximate surface area is 186 Å². The van der Waals surface area contributed by atoms with Crippen molar-refractivity contribution in [2.24, 2.45) is 0 Å². The molecule has 1 fully saturated rings. The molecule has 5 rings (SSSR count). The van der Waals surface area contributed by atoms with Crippen molar-refractivity contribution < 1.29 is 8.42 Å². The third kappa shape index (κ3) is 2.87. The highest BCUT2D eigenvalue weighted by Gasteiger charge is 2.48.